The van der Waals surface area contributed by atoms with Gasteiger partial charge in [0.1, 0.15) is 5.82 Å². The fourth-order valence-corrected chi connectivity index (χ4v) is 6.59. The van der Waals surface area contributed by atoms with Gasteiger partial charge in [-0.25, -0.2) is 0 Å². The molecule has 2 N–H and O–H groups in total. The number of aryl methyl sites for hydroxylation is 1. The molecule has 3 aromatic rings. The molecule has 5 rings (SSSR count). The third-order valence-corrected chi connectivity index (χ3v) is 8.66. The summed E-state index contributed by atoms with van der Waals surface area (Å²) in [6.07, 6.45) is 1.76. The Balaban J connectivity index is 1.47. The van der Waals surface area contributed by atoms with Gasteiger partial charge in [-0.05, 0) is 49.6 Å². The lowest BCUT2D eigenvalue weighted by molar-refractivity contribution is -0.116. The van der Waals surface area contributed by atoms with E-state index in [2.05, 4.69) is 16.3 Å². The van der Waals surface area contributed by atoms with Crippen LogP contribution in [0.4, 0.5) is 5.13 Å². The summed E-state index contributed by atoms with van der Waals surface area (Å²) in [7, 11) is 0. The summed E-state index contributed by atoms with van der Waals surface area (Å²) < 4.78 is 0.591. The number of nitrogens with two attached hydrogens (primary N) is 1. The van der Waals surface area contributed by atoms with Crippen LogP contribution >= 0.6 is 34.7 Å². The number of thioether (sulfide) groups is 1. The number of carbonyl (C=O) groups excluding carboxylic acids is 2. The Labute approximate surface area is 227 Å². The van der Waals surface area contributed by atoms with Crippen molar-refractivity contribution in [1.29, 1.82) is 5.26 Å². The average molecular weight is 548 g/mol. The zero-order chi connectivity index (χ0) is 26.1. The second kappa shape index (κ2) is 10.5. The van der Waals surface area contributed by atoms with Crippen molar-refractivity contribution in [2.45, 2.75) is 36.4 Å². The standard InChI is InChI=1S/C27H22ClN5O2S2/c1-15-4-2-5-17(12-15)23-19(13-29)25(30)33(20-6-3-7-21(34)24(20)23)26-31-32-27(37-26)36-14-22(35)16-8-10-18(28)11-9-16/h2,4-5,8-12,23H,3,6-7,14,30H2,1H3. The van der Waals surface area contributed by atoms with E-state index in [1.54, 1.807) is 29.2 Å². The molecular formula is C27H22ClN5O2S2. The molecule has 0 saturated heterocycles. The van der Waals surface area contributed by atoms with Crippen molar-refractivity contribution in [1.82, 2.24) is 10.2 Å². The molecule has 10 heteroatoms. The molecule has 2 aromatic carbocycles. The molecule has 1 aliphatic heterocycles. The van der Waals surface area contributed by atoms with Crippen molar-refractivity contribution in [3.8, 4) is 6.07 Å². The van der Waals surface area contributed by atoms with Gasteiger partial charge in [0.25, 0.3) is 0 Å². The van der Waals surface area contributed by atoms with E-state index in [9.17, 15) is 14.9 Å². The van der Waals surface area contributed by atoms with Crippen LogP contribution in [0.2, 0.25) is 5.02 Å². The number of hydrogen-bond donors (Lipinski definition) is 1. The van der Waals surface area contributed by atoms with Gasteiger partial charge in [-0.1, -0.05) is 64.5 Å². The lowest BCUT2D eigenvalue weighted by atomic mass is 9.75. The molecular weight excluding hydrogens is 526 g/mol. The highest BCUT2D eigenvalue weighted by Crippen LogP contribution is 2.47. The van der Waals surface area contributed by atoms with Crippen LogP contribution in [0.5, 0.6) is 0 Å². The van der Waals surface area contributed by atoms with E-state index < -0.39 is 5.92 Å². The summed E-state index contributed by atoms with van der Waals surface area (Å²) in [5.41, 5.74) is 10.8. The van der Waals surface area contributed by atoms with Gasteiger partial charge in [0, 0.05) is 28.3 Å². The maximum absolute atomic E-state index is 13.2. The largest absolute Gasteiger partial charge is 0.384 e. The molecule has 7 nitrogen and oxygen atoms in total. The Bertz CT molecular complexity index is 1500. The number of benzene rings is 2. The molecule has 1 aliphatic carbocycles. The number of Topliss-reactive ketones (excluding diaryl/α,β-unsaturated/α-hetero) is 2. The van der Waals surface area contributed by atoms with Gasteiger partial charge < -0.3 is 5.73 Å². The molecule has 0 saturated carbocycles. The predicted molar refractivity (Wildman–Crippen MR) is 146 cm³/mol. The van der Waals surface area contributed by atoms with Crippen LogP contribution in [0.15, 0.2) is 75.5 Å². The molecule has 1 unspecified atom stereocenters. The van der Waals surface area contributed by atoms with E-state index in [0.717, 1.165) is 16.8 Å². The lowest BCUT2D eigenvalue weighted by Gasteiger charge is -2.38. The third-order valence-electron chi connectivity index (χ3n) is 6.37. The maximum atomic E-state index is 13.2. The van der Waals surface area contributed by atoms with E-state index in [0.29, 0.717) is 50.5 Å². The zero-order valence-electron chi connectivity index (χ0n) is 19.9. The van der Waals surface area contributed by atoms with Gasteiger partial charge >= 0.3 is 0 Å². The second-order valence-electron chi connectivity index (χ2n) is 8.80. The van der Waals surface area contributed by atoms with Crippen LogP contribution < -0.4 is 10.6 Å². The third kappa shape index (κ3) is 4.92. The average Bonchev–Trinajstić information content (AvgIpc) is 3.35. The first kappa shape index (κ1) is 25.2. The molecule has 0 amide bonds. The normalized spacial score (nSPS) is 17.6. The van der Waals surface area contributed by atoms with Crippen molar-refractivity contribution in [2.75, 3.05) is 10.7 Å². The van der Waals surface area contributed by atoms with Crippen LogP contribution in [0.25, 0.3) is 0 Å². The maximum Gasteiger partial charge on any atom is 0.219 e. The predicted octanol–water partition coefficient (Wildman–Crippen LogP) is 5.78. The molecule has 0 spiro atoms. The quantitative estimate of drug-likeness (QED) is 0.305. The minimum absolute atomic E-state index is 0.0191. The molecule has 0 radical (unpaired) electrons. The Morgan fingerprint density at radius 3 is 2.76 bits per heavy atom. The summed E-state index contributed by atoms with van der Waals surface area (Å²) in [4.78, 5) is 27.5. The fourth-order valence-electron chi connectivity index (χ4n) is 4.69. The number of rotatable bonds is 6. The van der Waals surface area contributed by atoms with E-state index in [1.807, 2.05) is 31.2 Å². The Kier molecular flexibility index (Phi) is 7.15. The molecule has 37 heavy (non-hydrogen) atoms. The van der Waals surface area contributed by atoms with Gasteiger partial charge in [0.05, 0.1) is 23.3 Å². The highest BCUT2D eigenvalue weighted by atomic mass is 35.5. The number of hydrogen-bond acceptors (Lipinski definition) is 9. The molecule has 186 valence electrons. The number of aromatic nitrogens is 2. The van der Waals surface area contributed by atoms with Gasteiger partial charge in [0.15, 0.2) is 15.9 Å². The molecule has 2 heterocycles. The number of carbonyl (C=O) groups is 2. The van der Waals surface area contributed by atoms with Crippen molar-refractivity contribution in [3.63, 3.8) is 0 Å². The molecule has 1 atom stereocenters. The monoisotopic (exact) mass is 547 g/mol. The summed E-state index contributed by atoms with van der Waals surface area (Å²) in [6.45, 7) is 1.98. The van der Waals surface area contributed by atoms with E-state index in [-0.39, 0.29) is 23.1 Å². The summed E-state index contributed by atoms with van der Waals surface area (Å²) in [6, 6.07) is 16.9. The van der Waals surface area contributed by atoms with E-state index in [1.165, 1.54) is 23.1 Å². The Morgan fingerprint density at radius 2 is 2.03 bits per heavy atom. The number of anilines is 1. The van der Waals surface area contributed by atoms with Gasteiger partial charge in [-0.15, -0.1) is 10.2 Å². The molecule has 1 aromatic heterocycles. The summed E-state index contributed by atoms with van der Waals surface area (Å²) >= 11 is 8.47. The first-order valence-electron chi connectivity index (χ1n) is 11.6. The smallest absolute Gasteiger partial charge is 0.219 e. The summed E-state index contributed by atoms with van der Waals surface area (Å²) in [5.74, 6) is -0.0976. The number of nitriles is 1. The first-order valence-corrected chi connectivity index (χ1v) is 13.8. The molecule has 0 fully saturated rings. The highest BCUT2D eigenvalue weighted by molar-refractivity contribution is 8.01. The van der Waals surface area contributed by atoms with Crippen molar-refractivity contribution in [3.05, 3.63) is 92.9 Å². The SMILES string of the molecule is Cc1cccc(C2C(C#N)=C(N)N(c3nnc(SCC(=O)c4ccc(Cl)cc4)s3)C3=C2C(=O)CCC3)c1. The minimum atomic E-state index is -0.511. The van der Waals surface area contributed by atoms with Crippen molar-refractivity contribution < 1.29 is 9.59 Å². The summed E-state index contributed by atoms with van der Waals surface area (Å²) in [5, 5.41) is 19.8. The van der Waals surface area contributed by atoms with E-state index in [4.69, 9.17) is 17.3 Å². The van der Waals surface area contributed by atoms with E-state index >= 15 is 0 Å². The van der Waals surface area contributed by atoms with Crippen LogP contribution in [0, 0.1) is 18.3 Å². The van der Waals surface area contributed by atoms with Gasteiger partial charge in [-0.2, -0.15) is 5.26 Å². The number of halogens is 1. The zero-order valence-corrected chi connectivity index (χ0v) is 22.3. The topological polar surface area (TPSA) is 113 Å². The number of ketones is 2. The van der Waals surface area contributed by atoms with Crippen LogP contribution in [-0.2, 0) is 4.79 Å². The van der Waals surface area contributed by atoms with Crippen LogP contribution in [-0.4, -0.2) is 27.5 Å². The number of allylic oxidation sites excluding steroid dienone is 3. The molecule has 2 aliphatic rings. The second-order valence-corrected chi connectivity index (χ2v) is 11.4. The van der Waals surface area contributed by atoms with Crippen LogP contribution in [0.3, 0.4) is 0 Å². The minimum Gasteiger partial charge on any atom is -0.384 e. The van der Waals surface area contributed by atoms with Gasteiger partial charge in [0.2, 0.25) is 5.13 Å². The molecule has 0 bridgehead atoms. The van der Waals surface area contributed by atoms with Crippen molar-refractivity contribution >= 4 is 51.4 Å². The van der Waals surface area contributed by atoms with Crippen molar-refractivity contribution in [2.24, 2.45) is 5.73 Å². The number of nitrogens with zero attached hydrogens (tertiary/aromatic N) is 4. The Morgan fingerprint density at radius 1 is 1.24 bits per heavy atom. The lowest BCUT2D eigenvalue weighted by Crippen LogP contribution is -2.38. The van der Waals surface area contributed by atoms with Gasteiger partial charge in [-0.3, -0.25) is 14.5 Å². The van der Waals surface area contributed by atoms with Crippen LogP contribution in [0.1, 0.15) is 46.7 Å². The Hall–Kier alpha value is -3.45. The fraction of sp³-hybridized carbons (Fsp3) is 0.222. The highest BCUT2D eigenvalue weighted by Gasteiger charge is 2.41. The first-order chi connectivity index (χ1) is 17.9.